The van der Waals surface area contributed by atoms with Gasteiger partial charge in [-0.3, -0.25) is 0 Å². The molecule has 8 rings (SSSR count). The van der Waals surface area contributed by atoms with E-state index in [1.807, 2.05) is 18.2 Å². The molecule has 3 heteroatoms. The molecule has 0 aliphatic heterocycles. The highest BCUT2D eigenvalue weighted by Gasteiger charge is 2.37. The van der Waals surface area contributed by atoms with Gasteiger partial charge < -0.3 is 0 Å². The van der Waals surface area contributed by atoms with Crippen LogP contribution in [0.15, 0.2) is 109 Å². The van der Waals surface area contributed by atoms with E-state index in [-0.39, 0.29) is 16.2 Å². The molecule has 0 N–H and O–H groups in total. The fourth-order valence-electron chi connectivity index (χ4n) is 8.06. The Balaban J connectivity index is 1.28. The van der Waals surface area contributed by atoms with Gasteiger partial charge in [-0.1, -0.05) is 133 Å². The molecule has 0 amide bonds. The average molecular weight is 626 g/mol. The summed E-state index contributed by atoms with van der Waals surface area (Å²) in [6.07, 6.45) is 2.40. The van der Waals surface area contributed by atoms with E-state index >= 15 is 0 Å². The first-order valence-electron chi connectivity index (χ1n) is 17.2. The Morgan fingerprint density at radius 1 is 0.417 bits per heavy atom. The number of nitrogens with zero attached hydrogens (tertiary/aromatic N) is 3. The lowest BCUT2D eigenvalue weighted by Crippen LogP contribution is -2.33. The summed E-state index contributed by atoms with van der Waals surface area (Å²) in [5, 5.41) is 0. The van der Waals surface area contributed by atoms with Crippen LogP contribution in [0.25, 0.3) is 56.4 Å². The fraction of sp³-hybridized carbons (Fsp3) is 0.267. The standard InChI is InChI=1S/C45H43N3/c1-28-23-32(30-17-20-38-39(27-30)44(4,5)22-21-43(38,2)3)25-33(24-28)42-47-40(29-13-9-8-10-14-29)46-41(48-42)31-18-19-37-35(26-31)34-15-11-12-16-36(34)45(37,6)7/h8-20,23-27H,21-22H2,1-7H3. The van der Waals surface area contributed by atoms with Crippen molar-refractivity contribution in [3.8, 4) is 56.4 Å². The second-order valence-electron chi connectivity index (χ2n) is 15.7. The summed E-state index contributed by atoms with van der Waals surface area (Å²) in [5.41, 5.74) is 15.0. The molecule has 3 nitrogen and oxygen atoms in total. The van der Waals surface area contributed by atoms with Gasteiger partial charge in [-0.15, -0.1) is 0 Å². The molecule has 0 saturated carbocycles. The number of hydrogen-bond donors (Lipinski definition) is 0. The molecule has 6 aromatic rings. The predicted molar refractivity (Wildman–Crippen MR) is 199 cm³/mol. The molecule has 238 valence electrons. The Kier molecular flexibility index (Phi) is 6.86. The van der Waals surface area contributed by atoms with Gasteiger partial charge in [0, 0.05) is 22.1 Å². The molecule has 5 aromatic carbocycles. The molecule has 0 radical (unpaired) electrons. The third kappa shape index (κ3) is 4.99. The molecular formula is C45H43N3. The van der Waals surface area contributed by atoms with Gasteiger partial charge in [0.1, 0.15) is 0 Å². The van der Waals surface area contributed by atoms with E-state index in [0.717, 1.165) is 16.7 Å². The Bertz CT molecular complexity index is 2220. The van der Waals surface area contributed by atoms with Gasteiger partial charge in [-0.25, -0.2) is 15.0 Å². The molecule has 48 heavy (non-hydrogen) atoms. The Morgan fingerprint density at radius 2 is 0.979 bits per heavy atom. The molecule has 2 aliphatic carbocycles. The van der Waals surface area contributed by atoms with Crippen molar-refractivity contribution in [2.75, 3.05) is 0 Å². The van der Waals surface area contributed by atoms with Gasteiger partial charge >= 0.3 is 0 Å². The van der Waals surface area contributed by atoms with E-state index < -0.39 is 0 Å². The Labute approximate surface area is 285 Å². The minimum atomic E-state index is -0.0520. The van der Waals surface area contributed by atoms with E-state index in [1.165, 1.54) is 62.9 Å². The Hall–Kier alpha value is -4.89. The molecule has 2 aliphatic rings. The third-order valence-electron chi connectivity index (χ3n) is 11.0. The van der Waals surface area contributed by atoms with Crippen molar-refractivity contribution in [3.05, 3.63) is 137 Å². The monoisotopic (exact) mass is 625 g/mol. The van der Waals surface area contributed by atoms with Crippen LogP contribution in [0.2, 0.25) is 0 Å². The summed E-state index contributed by atoms with van der Waals surface area (Å²) < 4.78 is 0. The van der Waals surface area contributed by atoms with Crippen LogP contribution in [-0.2, 0) is 16.2 Å². The number of fused-ring (bicyclic) bond motifs is 4. The molecule has 0 atom stereocenters. The normalized spacial score (nSPS) is 16.6. The van der Waals surface area contributed by atoms with E-state index in [2.05, 4.69) is 139 Å². The van der Waals surface area contributed by atoms with Crippen molar-refractivity contribution in [1.29, 1.82) is 0 Å². The zero-order chi connectivity index (χ0) is 33.4. The number of aromatic nitrogens is 3. The van der Waals surface area contributed by atoms with Crippen LogP contribution in [0.4, 0.5) is 0 Å². The molecule has 1 aromatic heterocycles. The van der Waals surface area contributed by atoms with E-state index in [1.54, 1.807) is 0 Å². The summed E-state index contributed by atoms with van der Waals surface area (Å²) in [5.74, 6) is 2.05. The molecule has 0 saturated heterocycles. The zero-order valence-corrected chi connectivity index (χ0v) is 29.1. The van der Waals surface area contributed by atoms with Crippen LogP contribution in [-0.4, -0.2) is 15.0 Å². The van der Waals surface area contributed by atoms with E-state index in [4.69, 9.17) is 15.0 Å². The lowest BCUT2D eigenvalue weighted by molar-refractivity contribution is 0.332. The molecule has 0 bridgehead atoms. The van der Waals surface area contributed by atoms with Crippen LogP contribution in [0.5, 0.6) is 0 Å². The molecule has 0 spiro atoms. The van der Waals surface area contributed by atoms with Crippen molar-refractivity contribution < 1.29 is 0 Å². The number of benzene rings is 5. The summed E-state index contributed by atoms with van der Waals surface area (Å²) in [4.78, 5) is 15.4. The van der Waals surface area contributed by atoms with Crippen molar-refractivity contribution in [2.24, 2.45) is 0 Å². The van der Waals surface area contributed by atoms with E-state index in [0.29, 0.717) is 17.5 Å². The third-order valence-corrected chi connectivity index (χ3v) is 11.0. The number of hydrogen-bond acceptors (Lipinski definition) is 3. The zero-order valence-electron chi connectivity index (χ0n) is 29.1. The van der Waals surface area contributed by atoms with Crippen molar-refractivity contribution in [3.63, 3.8) is 0 Å². The first-order chi connectivity index (χ1) is 22.9. The number of rotatable bonds is 4. The van der Waals surface area contributed by atoms with Crippen molar-refractivity contribution >= 4 is 0 Å². The molecule has 0 fully saturated rings. The van der Waals surface area contributed by atoms with Crippen LogP contribution >= 0.6 is 0 Å². The first-order valence-corrected chi connectivity index (χ1v) is 17.2. The maximum absolute atomic E-state index is 5.18. The SMILES string of the molecule is Cc1cc(-c2ccc3c(c2)C(C)(C)CCC3(C)C)cc(-c2nc(-c3ccccc3)nc(-c3ccc4c(c3)-c3ccccc3C4(C)C)n2)c1. The quantitative estimate of drug-likeness (QED) is 0.196. The highest BCUT2D eigenvalue weighted by atomic mass is 15.0. The lowest BCUT2D eigenvalue weighted by atomic mass is 9.63. The van der Waals surface area contributed by atoms with Crippen LogP contribution in [0.1, 0.15) is 82.2 Å². The molecule has 1 heterocycles. The van der Waals surface area contributed by atoms with Crippen molar-refractivity contribution in [2.45, 2.75) is 77.6 Å². The fourth-order valence-corrected chi connectivity index (χ4v) is 8.06. The minimum Gasteiger partial charge on any atom is -0.208 e. The maximum atomic E-state index is 5.18. The topological polar surface area (TPSA) is 38.7 Å². The highest BCUT2D eigenvalue weighted by Crippen LogP contribution is 2.50. The molecule has 0 unspecified atom stereocenters. The first kappa shape index (κ1) is 30.4. The Morgan fingerprint density at radius 3 is 1.73 bits per heavy atom. The van der Waals surface area contributed by atoms with Gasteiger partial charge in [-0.05, 0) is 98.9 Å². The summed E-state index contributed by atoms with van der Waals surface area (Å²) in [6, 6.07) is 39.6. The van der Waals surface area contributed by atoms with Crippen LogP contribution < -0.4 is 0 Å². The van der Waals surface area contributed by atoms with Crippen LogP contribution in [0, 0.1) is 6.92 Å². The van der Waals surface area contributed by atoms with Crippen LogP contribution in [0.3, 0.4) is 0 Å². The second kappa shape index (κ2) is 10.8. The average Bonchev–Trinajstić information content (AvgIpc) is 3.32. The van der Waals surface area contributed by atoms with Crippen molar-refractivity contribution in [1.82, 2.24) is 15.0 Å². The number of aryl methyl sites for hydroxylation is 1. The molecular weight excluding hydrogens is 583 g/mol. The predicted octanol–water partition coefficient (Wildman–Crippen LogP) is 11.5. The van der Waals surface area contributed by atoms with Gasteiger partial charge in [-0.2, -0.15) is 0 Å². The summed E-state index contributed by atoms with van der Waals surface area (Å²) >= 11 is 0. The maximum Gasteiger partial charge on any atom is 0.164 e. The van der Waals surface area contributed by atoms with Gasteiger partial charge in [0.2, 0.25) is 0 Å². The smallest absolute Gasteiger partial charge is 0.164 e. The van der Waals surface area contributed by atoms with Gasteiger partial charge in [0.05, 0.1) is 0 Å². The highest BCUT2D eigenvalue weighted by molar-refractivity contribution is 5.84. The van der Waals surface area contributed by atoms with Gasteiger partial charge in [0.25, 0.3) is 0 Å². The van der Waals surface area contributed by atoms with Gasteiger partial charge in [0.15, 0.2) is 17.5 Å². The second-order valence-corrected chi connectivity index (χ2v) is 15.7. The summed E-state index contributed by atoms with van der Waals surface area (Å²) in [6.45, 7) is 16.3. The minimum absolute atomic E-state index is 0.0520. The van der Waals surface area contributed by atoms with E-state index in [9.17, 15) is 0 Å². The lowest BCUT2D eigenvalue weighted by Gasteiger charge is -2.42. The summed E-state index contributed by atoms with van der Waals surface area (Å²) in [7, 11) is 0. The largest absolute Gasteiger partial charge is 0.208 e.